The van der Waals surface area contributed by atoms with Crippen LogP contribution in [0.4, 0.5) is 11.4 Å². The molecule has 0 unspecified atom stereocenters. The van der Waals surface area contributed by atoms with Crippen LogP contribution < -0.4 is 16.0 Å². The van der Waals surface area contributed by atoms with Crippen molar-refractivity contribution >= 4 is 33.0 Å². The number of hydrogen-bond donors (Lipinski definition) is 3. The molecule has 32 heavy (non-hydrogen) atoms. The Balaban J connectivity index is 1.42. The lowest BCUT2D eigenvalue weighted by molar-refractivity contribution is -0.116. The number of anilines is 2. The molecule has 0 fully saturated rings. The molecule has 8 nitrogen and oxygen atoms in total. The lowest BCUT2D eigenvalue weighted by atomic mass is 10.1. The average molecular weight is 454 g/mol. The molecule has 2 amide bonds. The predicted molar refractivity (Wildman–Crippen MR) is 121 cm³/mol. The lowest BCUT2D eigenvalue weighted by Crippen LogP contribution is -2.43. The number of sulfone groups is 1. The monoisotopic (exact) mass is 453 g/mol. The predicted octanol–water partition coefficient (Wildman–Crippen LogP) is 2.87. The molecular weight excluding hydrogens is 430 g/mol. The third-order valence-corrected chi connectivity index (χ3v) is 6.69. The second-order valence-corrected chi connectivity index (χ2v) is 9.86. The van der Waals surface area contributed by atoms with E-state index in [1.165, 1.54) is 6.26 Å². The van der Waals surface area contributed by atoms with Gasteiger partial charge >= 0.3 is 0 Å². The van der Waals surface area contributed by atoms with Crippen LogP contribution in [0.1, 0.15) is 27.2 Å². The first-order chi connectivity index (χ1) is 15.3. The van der Waals surface area contributed by atoms with Crippen molar-refractivity contribution in [3.8, 4) is 0 Å². The molecule has 0 radical (unpaired) electrons. The van der Waals surface area contributed by atoms with Crippen molar-refractivity contribution in [2.75, 3.05) is 16.4 Å². The van der Waals surface area contributed by atoms with Crippen LogP contribution in [0.5, 0.6) is 0 Å². The first kappa shape index (κ1) is 21.6. The fourth-order valence-electron chi connectivity index (χ4n) is 3.56. The number of carbonyl (C=O) groups is 2. The number of hydrogen-bond acceptors (Lipinski definition) is 6. The molecule has 0 saturated heterocycles. The lowest BCUT2D eigenvalue weighted by Gasteiger charge is -2.27. The van der Waals surface area contributed by atoms with Gasteiger partial charge in [0.2, 0.25) is 5.91 Å². The highest BCUT2D eigenvalue weighted by molar-refractivity contribution is 7.90. The molecule has 0 bridgehead atoms. The molecule has 4 rings (SSSR count). The molecule has 3 N–H and O–H groups in total. The summed E-state index contributed by atoms with van der Waals surface area (Å²) >= 11 is 0. The van der Waals surface area contributed by atoms with E-state index in [0.717, 1.165) is 5.56 Å². The maximum atomic E-state index is 12.7. The molecule has 1 aromatic heterocycles. The average Bonchev–Trinajstić information content (AvgIpc) is 3.25. The summed E-state index contributed by atoms with van der Waals surface area (Å²) < 4.78 is 30.5. The highest BCUT2D eigenvalue weighted by Gasteiger charge is 2.30. The van der Waals surface area contributed by atoms with Crippen LogP contribution >= 0.6 is 0 Å². The maximum Gasteiger partial charge on any atom is 0.251 e. The molecule has 2 heterocycles. The van der Waals surface area contributed by atoms with Gasteiger partial charge in [-0.25, -0.2) is 8.42 Å². The zero-order chi connectivity index (χ0) is 22.7. The van der Waals surface area contributed by atoms with E-state index in [1.807, 2.05) is 25.1 Å². The van der Waals surface area contributed by atoms with Gasteiger partial charge in [0.05, 0.1) is 35.7 Å². The summed E-state index contributed by atoms with van der Waals surface area (Å²) in [5.74, 6) is -0.625. The topological polar surface area (TPSA) is 118 Å². The Morgan fingerprint density at radius 2 is 1.94 bits per heavy atom. The van der Waals surface area contributed by atoms with Gasteiger partial charge in [-0.15, -0.1) is 0 Å². The van der Waals surface area contributed by atoms with E-state index in [4.69, 9.17) is 4.42 Å². The quantitative estimate of drug-likeness (QED) is 0.506. The van der Waals surface area contributed by atoms with Gasteiger partial charge in [-0.3, -0.25) is 9.59 Å². The van der Waals surface area contributed by atoms with Gasteiger partial charge in [0.25, 0.3) is 5.91 Å². The maximum absolute atomic E-state index is 12.7. The highest BCUT2D eigenvalue weighted by Crippen LogP contribution is 2.28. The summed E-state index contributed by atoms with van der Waals surface area (Å²) in [6.45, 7) is 2.14. The van der Waals surface area contributed by atoms with E-state index >= 15 is 0 Å². The first-order valence-corrected chi connectivity index (χ1v) is 11.9. The number of rotatable bonds is 7. The minimum absolute atomic E-state index is 0.137. The molecular formula is C23H23N3O5S. The smallest absolute Gasteiger partial charge is 0.251 e. The minimum Gasteiger partial charge on any atom is -0.467 e. The van der Waals surface area contributed by atoms with E-state index in [9.17, 15) is 18.0 Å². The highest BCUT2D eigenvalue weighted by atomic mass is 32.2. The van der Waals surface area contributed by atoms with E-state index in [0.29, 0.717) is 28.3 Å². The zero-order valence-corrected chi connectivity index (χ0v) is 18.2. The molecule has 166 valence electrons. The Kier molecular flexibility index (Phi) is 6.00. The Morgan fingerprint density at radius 1 is 1.09 bits per heavy atom. The summed E-state index contributed by atoms with van der Waals surface area (Å²) in [6.07, 6.45) is 1.53. The normalized spacial score (nSPS) is 15.4. The molecule has 0 saturated carbocycles. The number of benzene rings is 2. The summed E-state index contributed by atoms with van der Waals surface area (Å²) in [7, 11) is -3.53. The van der Waals surface area contributed by atoms with Crippen molar-refractivity contribution < 1.29 is 22.4 Å². The van der Waals surface area contributed by atoms with Gasteiger partial charge in [-0.05, 0) is 42.8 Å². The summed E-state index contributed by atoms with van der Waals surface area (Å²) in [5.41, 5.74) is 3.01. The number of amides is 2. The third-order valence-electron chi connectivity index (χ3n) is 5.08. The largest absolute Gasteiger partial charge is 0.467 e. The Bertz CT molecular complexity index is 1250. The Morgan fingerprint density at radius 3 is 2.69 bits per heavy atom. The van der Waals surface area contributed by atoms with Crippen molar-refractivity contribution in [3.63, 3.8) is 0 Å². The number of nitrogens with one attached hydrogen (secondary N) is 3. The van der Waals surface area contributed by atoms with Crippen LogP contribution in [0.25, 0.3) is 0 Å². The zero-order valence-electron chi connectivity index (χ0n) is 17.4. The van der Waals surface area contributed by atoms with E-state index in [1.54, 1.807) is 36.4 Å². The Hall–Kier alpha value is -3.59. The second kappa shape index (κ2) is 8.88. The van der Waals surface area contributed by atoms with Gasteiger partial charge in [0.15, 0.2) is 9.84 Å². The fraction of sp³-hybridized carbons (Fsp3) is 0.217. The number of carbonyl (C=O) groups excluding carboxylic acids is 2. The van der Waals surface area contributed by atoms with Crippen LogP contribution in [-0.4, -0.2) is 32.0 Å². The summed E-state index contributed by atoms with van der Waals surface area (Å²) in [4.78, 5) is 24.9. The van der Waals surface area contributed by atoms with Gasteiger partial charge in [0, 0.05) is 5.56 Å². The third kappa shape index (κ3) is 5.17. The summed E-state index contributed by atoms with van der Waals surface area (Å²) in [6, 6.07) is 14.7. The molecule has 1 aliphatic rings. The van der Waals surface area contributed by atoms with Gasteiger partial charge < -0.3 is 20.4 Å². The second-order valence-electron chi connectivity index (χ2n) is 7.75. The van der Waals surface area contributed by atoms with Crippen LogP contribution in [-0.2, 0) is 26.9 Å². The molecule has 9 heteroatoms. The van der Waals surface area contributed by atoms with E-state index < -0.39 is 21.8 Å². The van der Waals surface area contributed by atoms with Crippen LogP contribution in [0.15, 0.2) is 65.3 Å². The SMILES string of the molecule is Cc1cccc(CS(=O)(=O)C[C@H]2Nc3ccc(C(=O)NCc4ccco4)cc3NC2=O)c1. The van der Waals surface area contributed by atoms with Crippen molar-refractivity contribution in [2.45, 2.75) is 25.3 Å². The van der Waals surface area contributed by atoms with Crippen LogP contribution in [0, 0.1) is 6.92 Å². The molecule has 0 spiro atoms. The van der Waals surface area contributed by atoms with Gasteiger partial charge in [0.1, 0.15) is 11.8 Å². The fourth-order valence-corrected chi connectivity index (χ4v) is 5.10. The molecule has 3 aromatic rings. The van der Waals surface area contributed by atoms with Crippen LogP contribution in [0.3, 0.4) is 0 Å². The van der Waals surface area contributed by atoms with Gasteiger partial charge in [-0.2, -0.15) is 0 Å². The molecule has 0 aliphatic carbocycles. The van der Waals surface area contributed by atoms with Crippen molar-refractivity contribution in [3.05, 3.63) is 83.3 Å². The number of aryl methyl sites for hydroxylation is 1. The van der Waals surface area contributed by atoms with E-state index in [2.05, 4.69) is 16.0 Å². The minimum atomic E-state index is -3.53. The first-order valence-electron chi connectivity index (χ1n) is 10.1. The van der Waals surface area contributed by atoms with E-state index in [-0.39, 0.29) is 24.0 Å². The molecule has 1 aliphatic heterocycles. The summed E-state index contributed by atoms with van der Waals surface area (Å²) in [5, 5.41) is 8.43. The number of furan rings is 1. The van der Waals surface area contributed by atoms with Crippen LogP contribution in [0.2, 0.25) is 0 Å². The van der Waals surface area contributed by atoms with Crippen molar-refractivity contribution in [2.24, 2.45) is 0 Å². The van der Waals surface area contributed by atoms with Crippen molar-refractivity contribution in [1.82, 2.24) is 5.32 Å². The number of fused-ring (bicyclic) bond motifs is 1. The van der Waals surface area contributed by atoms with Crippen molar-refractivity contribution in [1.29, 1.82) is 0 Å². The molecule has 1 atom stereocenters. The Labute approximate surface area is 185 Å². The standard InChI is InChI=1S/C23H23N3O5S/c1-15-4-2-5-16(10-15)13-32(29,30)14-21-23(28)26-20-11-17(7-8-19(20)25-21)22(27)24-12-18-6-3-9-31-18/h2-11,21,25H,12-14H2,1H3,(H,24,27)(H,26,28)/t21-/m1/s1. The van der Waals surface area contributed by atoms with Gasteiger partial charge in [-0.1, -0.05) is 29.8 Å². The molecule has 2 aromatic carbocycles.